The van der Waals surface area contributed by atoms with Crippen molar-refractivity contribution in [1.29, 1.82) is 0 Å². The second-order valence-electron chi connectivity index (χ2n) is 5.09. The second kappa shape index (κ2) is 6.88. The molecule has 0 unspecified atom stereocenters. The zero-order valence-electron chi connectivity index (χ0n) is 12.6. The van der Waals surface area contributed by atoms with Gasteiger partial charge >= 0.3 is 0 Å². The van der Waals surface area contributed by atoms with Gasteiger partial charge < -0.3 is 10.1 Å². The minimum absolute atomic E-state index is 0.0261. The number of pyridine rings is 1. The van der Waals surface area contributed by atoms with Gasteiger partial charge in [0.2, 0.25) is 11.8 Å². The molecular formula is C17H20N2O2. The molecule has 0 radical (unpaired) electrons. The number of aromatic nitrogens is 1. The van der Waals surface area contributed by atoms with E-state index in [1.807, 2.05) is 38.1 Å². The number of ether oxygens (including phenoxy) is 1. The second-order valence-corrected chi connectivity index (χ2v) is 5.09. The van der Waals surface area contributed by atoms with Crippen LogP contribution in [0.4, 0.5) is 5.69 Å². The molecule has 1 aromatic carbocycles. The summed E-state index contributed by atoms with van der Waals surface area (Å²) in [7, 11) is 0. The van der Waals surface area contributed by atoms with E-state index in [0.717, 1.165) is 17.7 Å². The molecule has 0 fully saturated rings. The maximum atomic E-state index is 11.6. The Labute approximate surface area is 125 Å². The number of benzene rings is 1. The Hall–Kier alpha value is -2.36. The number of anilines is 1. The molecule has 2 rings (SSSR count). The fraction of sp³-hybridized carbons (Fsp3) is 0.294. The van der Waals surface area contributed by atoms with Gasteiger partial charge in [-0.15, -0.1) is 0 Å². The van der Waals surface area contributed by atoms with Crippen molar-refractivity contribution in [2.75, 3.05) is 5.32 Å². The molecule has 0 atom stereocenters. The topological polar surface area (TPSA) is 51.2 Å². The van der Waals surface area contributed by atoms with Crippen LogP contribution in [0.1, 0.15) is 26.3 Å². The number of nitrogens with zero attached hydrogens (tertiary/aromatic N) is 1. The molecule has 0 saturated carbocycles. The van der Waals surface area contributed by atoms with Crippen LogP contribution in [0.25, 0.3) is 0 Å². The van der Waals surface area contributed by atoms with Crippen LogP contribution in [-0.4, -0.2) is 10.9 Å². The molecule has 0 aliphatic rings. The van der Waals surface area contributed by atoms with Crippen LogP contribution < -0.4 is 10.1 Å². The van der Waals surface area contributed by atoms with Crippen molar-refractivity contribution in [3.63, 3.8) is 0 Å². The number of para-hydroxylation sites is 1. The third-order valence-corrected chi connectivity index (χ3v) is 3.10. The highest BCUT2D eigenvalue weighted by Crippen LogP contribution is 2.24. The van der Waals surface area contributed by atoms with Crippen LogP contribution >= 0.6 is 0 Å². The normalized spacial score (nSPS) is 10.5. The van der Waals surface area contributed by atoms with Crippen LogP contribution in [-0.2, 0) is 11.2 Å². The standard InChI is InChI=1S/C17H20N2O2/c1-4-13-7-5-6-8-15(13)21-16-10-9-14(11-18-16)19-17(20)12(2)3/h5-12H,4H2,1-3H3,(H,19,20). The van der Waals surface area contributed by atoms with Gasteiger partial charge in [-0.3, -0.25) is 4.79 Å². The highest BCUT2D eigenvalue weighted by atomic mass is 16.5. The number of hydrogen-bond donors (Lipinski definition) is 1. The lowest BCUT2D eigenvalue weighted by atomic mass is 10.1. The summed E-state index contributed by atoms with van der Waals surface area (Å²) in [6.45, 7) is 5.78. The van der Waals surface area contributed by atoms with Gasteiger partial charge in [0.15, 0.2) is 0 Å². The Bertz CT molecular complexity index is 606. The molecule has 0 spiro atoms. The van der Waals surface area contributed by atoms with Gasteiger partial charge in [0.05, 0.1) is 11.9 Å². The number of aryl methyl sites for hydroxylation is 1. The molecule has 4 heteroatoms. The maximum absolute atomic E-state index is 11.6. The number of nitrogens with one attached hydrogen (secondary N) is 1. The fourth-order valence-corrected chi connectivity index (χ4v) is 1.81. The first-order valence-corrected chi connectivity index (χ1v) is 7.12. The predicted octanol–water partition coefficient (Wildman–Crippen LogP) is 4.03. The van der Waals surface area contributed by atoms with Gasteiger partial charge in [-0.25, -0.2) is 4.98 Å². The number of rotatable bonds is 5. The van der Waals surface area contributed by atoms with E-state index in [-0.39, 0.29) is 11.8 Å². The minimum atomic E-state index is -0.0580. The summed E-state index contributed by atoms with van der Waals surface area (Å²) >= 11 is 0. The molecule has 21 heavy (non-hydrogen) atoms. The molecule has 0 aliphatic heterocycles. The zero-order valence-corrected chi connectivity index (χ0v) is 12.6. The smallest absolute Gasteiger partial charge is 0.226 e. The van der Waals surface area contributed by atoms with Crippen molar-refractivity contribution in [2.24, 2.45) is 5.92 Å². The molecule has 110 valence electrons. The molecule has 1 aromatic heterocycles. The van der Waals surface area contributed by atoms with E-state index in [9.17, 15) is 4.79 Å². The number of hydrogen-bond acceptors (Lipinski definition) is 3. The summed E-state index contributed by atoms with van der Waals surface area (Å²) in [6.07, 6.45) is 2.50. The summed E-state index contributed by atoms with van der Waals surface area (Å²) < 4.78 is 5.78. The Balaban J connectivity index is 2.07. The van der Waals surface area contributed by atoms with E-state index >= 15 is 0 Å². The van der Waals surface area contributed by atoms with Crippen molar-refractivity contribution in [2.45, 2.75) is 27.2 Å². The summed E-state index contributed by atoms with van der Waals surface area (Å²) in [4.78, 5) is 15.8. The van der Waals surface area contributed by atoms with Gasteiger partial charge in [-0.2, -0.15) is 0 Å². The van der Waals surface area contributed by atoms with Crippen LogP contribution in [0.2, 0.25) is 0 Å². The van der Waals surface area contributed by atoms with Crippen LogP contribution in [0, 0.1) is 5.92 Å². The van der Waals surface area contributed by atoms with E-state index in [1.165, 1.54) is 0 Å². The van der Waals surface area contributed by atoms with Gasteiger partial charge in [0.1, 0.15) is 5.75 Å². The summed E-state index contributed by atoms with van der Waals surface area (Å²) in [5, 5.41) is 2.80. The largest absolute Gasteiger partial charge is 0.439 e. The first kappa shape index (κ1) is 15.0. The maximum Gasteiger partial charge on any atom is 0.226 e. The lowest BCUT2D eigenvalue weighted by molar-refractivity contribution is -0.118. The Kier molecular flexibility index (Phi) is 4.93. The summed E-state index contributed by atoms with van der Waals surface area (Å²) in [5.41, 5.74) is 1.81. The average molecular weight is 284 g/mol. The lowest BCUT2D eigenvalue weighted by Gasteiger charge is -2.10. The molecule has 1 N–H and O–H groups in total. The third kappa shape index (κ3) is 4.05. The predicted molar refractivity (Wildman–Crippen MR) is 83.6 cm³/mol. The van der Waals surface area contributed by atoms with Crippen LogP contribution in [0.15, 0.2) is 42.6 Å². The summed E-state index contributed by atoms with van der Waals surface area (Å²) in [6, 6.07) is 11.4. The van der Waals surface area contributed by atoms with Crippen molar-refractivity contribution in [3.05, 3.63) is 48.2 Å². The first-order chi connectivity index (χ1) is 10.1. The molecule has 0 saturated heterocycles. The molecule has 1 heterocycles. The van der Waals surface area contributed by atoms with Gasteiger partial charge in [0.25, 0.3) is 0 Å². The Morgan fingerprint density at radius 2 is 2.00 bits per heavy atom. The van der Waals surface area contributed by atoms with Crippen molar-refractivity contribution >= 4 is 11.6 Å². The van der Waals surface area contributed by atoms with E-state index in [1.54, 1.807) is 18.3 Å². The van der Waals surface area contributed by atoms with E-state index in [0.29, 0.717) is 11.6 Å². The highest BCUT2D eigenvalue weighted by molar-refractivity contribution is 5.91. The van der Waals surface area contributed by atoms with Crippen molar-refractivity contribution < 1.29 is 9.53 Å². The van der Waals surface area contributed by atoms with Crippen molar-refractivity contribution in [3.8, 4) is 11.6 Å². The monoisotopic (exact) mass is 284 g/mol. The number of amides is 1. The Morgan fingerprint density at radius 1 is 1.24 bits per heavy atom. The molecule has 0 aliphatic carbocycles. The Morgan fingerprint density at radius 3 is 2.62 bits per heavy atom. The van der Waals surface area contributed by atoms with E-state index in [2.05, 4.69) is 17.2 Å². The molecule has 1 amide bonds. The van der Waals surface area contributed by atoms with Crippen LogP contribution in [0.3, 0.4) is 0 Å². The average Bonchev–Trinajstić information content (AvgIpc) is 2.49. The lowest BCUT2D eigenvalue weighted by Crippen LogP contribution is -2.17. The SMILES string of the molecule is CCc1ccccc1Oc1ccc(NC(=O)C(C)C)cn1. The molecule has 0 bridgehead atoms. The molecule has 2 aromatic rings. The molecular weight excluding hydrogens is 264 g/mol. The van der Waals surface area contributed by atoms with Crippen molar-refractivity contribution in [1.82, 2.24) is 4.98 Å². The van der Waals surface area contributed by atoms with Gasteiger partial charge in [-0.05, 0) is 24.1 Å². The zero-order chi connectivity index (χ0) is 15.2. The van der Waals surface area contributed by atoms with Gasteiger partial charge in [-0.1, -0.05) is 39.0 Å². The van der Waals surface area contributed by atoms with E-state index < -0.39 is 0 Å². The minimum Gasteiger partial charge on any atom is -0.439 e. The first-order valence-electron chi connectivity index (χ1n) is 7.12. The number of carbonyl (C=O) groups excluding carboxylic acids is 1. The highest BCUT2D eigenvalue weighted by Gasteiger charge is 2.08. The van der Waals surface area contributed by atoms with Crippen LogP contribution in [0.5, 0.6) is 11.6 Å². The van der Waals surface area contributed by atoms with Gasteiger partial charge in [0, 0.05) is 12.0 Å². The third-order valence-electron chi connectivity index (χ3n) is 3.10. The summed E-state index contributed by atoms with van der Waals surface area (Å²) in [5.74, 6) is 1.24. The van der Waals surface area contributed by atoms with E-state index in [4.69, 9.17) is 4.74 Å². The number of carbonyl (C=O) groups is 1. The quantitative estimate of drug-likeness (QED) is 0.901. The molecule has 4 nitrogen and oxygen atoms in total. The fourth-order valence-electron chi connectivity index (χ4n) is 1.81.